The Hall–Kier alpha value is -3.80. The molecule has 1 fully saturated rings. The van der Waals surface area contributed by atoms with Crippen LogP contribution in [-0.4, -0.2) is 37.8 Å². The molecule has 1 unspecified atom stereocenters. The van der Waals surface area contributed by atoms with E-state index < -0.39 is 11.2 Å². The zero-order valence-electron chi connectivity index (χ0n) is 20.0. The predicted octanol–water partition coefficient (Wildman–Crippen LogP) is 3.00. The van der Waals surface area contributed by atoms with Crippen LogP contribution in [-0.2, 0) is 13.1 Å². The van der Waals surface area contributed by atoms with Gasteiger partial charge in [-0.2, -0.15) is 4.98 Å². The number of nitrogens with two attached hydrogens (primary N) is 1. The number of imidazole rings is 1. The minimum absolute atomic E-state index is 0.0140. The molecular weight excluding hydrogens is 476 g/mol. The first kappa shape index (κ1) is 23.9. The van der Waals surface area contributed by atoms with Crippen LogP contribution in [0.15, 0.2) is 64.2 Å². The Morgan fingerprint density at radius 3 is 2.64 bits per heavy atom. The van der Waals surface area contributed by atoms with Crippen LogP contribution in [0.25, 0.3) is 16.9 Å². The molecule has 0 bridgehead atoms. The van der Waals surface area contributed by atoms with Gasteiger partial charge < -0.3 is 10.6 Å². The lowest BCUT2D eigenvalue weighted by Gasteiger charge is -2.31. The molecule has 5 rings (SSSR count). The Morgan fingerprint density at radius 1 is 1.11 bits per heavy atom. The van der Waals surface area contributed by atoms with E-state index >= 15 is 0 Å². The lowest BCUT2D eigenvalue weighted by molar-refractivity contribution is 0.496. The van der Waals surface area contributed by atoms with Crippen LogP contribution in [0.2, 0.25) is 5.02 Å². The van der Waals surface area contributed by atoms with E-state index in [2.05, 4.69) is 16.7 Å². The Labute approximate surface area is 213 Å². The molecule has 0 aliphatic carbocycles. The van der Waals surface area contributed by atoms with Crippen molar-refractivity contribution in [3.63, 3.8) is 0 Å². The van der Waals surface area contributed by atoms with E-state index in [0.717, 1.165) is 24.9 Å². The summed E-state index contributed by atoms with van der Waals surface area (Å²) in [6.07, 6.45) is 1.86. The molecule has 0 amide bonds. The van der Waals surface area contributed by atoms with E-state index in [4.69, 9.17) is 22.3 Å². The second kappa shape index (κ2) is 10.1. The Morgan fingerprint density at radius 2 is 1.92 bits per heavy atom. The molecule has 9 heteroatoms. The number of anilines is 1. The number of rotatable bonds is 5. The van der Waals surface area contributed by atoms with Gasteiger partial charge >= 0.3 is 5.69 Å². The minimum Gasteiger partial charge on any atom is -0.341 e. The molecule has 1 atom stereocenters. The first-order chi connectivity index (χ1) is 17.5. The molecule has 2 aromatic carbocycles. The largest absolute Gasteiger partial charge is 0.341 e. The van der Waals surface area contributed by atoms with Crippen LogP contribution >= 0.6 is 11.6 Å². The topological polar surface area (TPSA) is 91.1 Å². The quantitative estimate of drug-likeness (QED) is 0.424. The smallest absolute Gasteiger partial charge is 0.337 e. The molecule has 1 saturated heterocycles. The van der Waals surface area contributed by atoms with Crippen molar-refractivity contribution in [3.8, 4) is 17.5 Å². The zero-order chi connectivity index (χ0) is 25.2. The summed E-state index contributed by atoms with van der Waals surface area (Å²) in [4.78, 5) is 34.7. The van der Waals surface area contributed by atoms with Gasteiger partial charge in [0.25, 0.3) is 5.56 Å². The fourth-order valence-corrected chi connectivity index (χ4v) is 4.94. The predicted molar refractivity (Wildman–Crippen MR) is 143 cm³/mol. The summed E-state index contributed by atoms with van der Waals surface area (Å²) in [5.41, 5.74) is 7.40. The molecule has 36 heavy (non-hydrogen) atoms. The monoisotopic (exact) mass is 502 g/mol. The zero-order valence-corrected chi connectivity index (χ0v) is 20.8. The first-order valence-electron chi connectivity index (χ1n) is 11.9. The van der Waals surface area contributed by atoms with Crippen LogP contribution in [0.4, 0.5) is 5.95 Å². The van der Waals surface area contributed by atoms with Gasteiger partial charge in [0, 0.05) is 24.2 Å². The van der Waals surface area contributed by atoms with Gasteiger partial charge in [-0.15, -0.1) is 5.92 Å². The van der Waals surface area contributed by atoms with E-state index in [1.54, 1.807) is 25.1 Å². The van der Waals surface area contributed by atoms with Gasteiger partial charge in [0.2, 0.25) is 5.95 Å². The van der Waals surface area contributed by atoms with Crippen molar-refractivity contribution in [2.24, 2.45) is 5.73 Å². The standard InChI is InChI=1S/C27H27ClN6O2/c1-2-3-15-32-23-24(30-26(32)31-14-8-11-21(29)18-31)34(22-12-5-4-6-13-22)27(36)33(25(23)35)17-19-9-7-10-20(28)16-19/h4-7,9-10,12-13,16,21H,8,11,14-15,17-18,29H2,1H3. The molecular formula is C27H27ClN6O2. The number of piperidine rings is 1. The van der Waals surface area contributed by atoms with Crippen molar-refractivity contribution in [2.75, 3.05) is 18.0 Å². The third-order valence-corrected chi connectivity index (χ3v) is 6.64. The first-order valence-corrected chi connectivity index (χ1v) is 12.3. The molecule has 1 aliphatic heterocycles. The second-order valence-electron chi connectivity index (χ2n) is 8.92. The summed E-state index contributed by atoms with van der Waals surface area (Å²) < 4.78 is 4.56. The van der Waals surface area contributed by atoms with Crippen LogP contribution < -0.4 is 21.9 Å². The number of halogens is 1. The fraction of sp³-hybridized carbons (Fsp3) is 0.296. The van der Waals surface area contributed by atoms with Gasteiger partial charge in [-0.05, 0) is 49.6 Å². The van der Waals surface area contributed by atoms with Crippen molar-refractivity contribution in [1.29, 1.82) is 0 Å². The number of benzene rings is 2. The van der Waals surface area contributed by atoms with E-state index in [1.165, 1.54) is 9.13 Å². The molecule has 1 aliphatic rings. The van der Waals surface area contributed by atoms with Crippen molar-refractivity contribution >= 4 is 28.7 Å². The number of para-hydroxylation sites is 1. The summed E-state index contributed by atoms with van der Waals surface area (Å²) in [5, 5.41) is 0.539. The van der Waals surface area contributed by atoms with E-state index in [1.807, 2.05) is 41.0 Å². The summed E-state index contributed by atoms with van der Waals surface area (Å²) >= 11 is 6.18. The van der Waals surface area contributed by atoms with Crippen molar-refractivity contribution < 1.29 is 0 Å². The highest BCUT2D eigenvalue weighted by atomic mass is 35.5. The number of hydrogen-bond donors (Lipinski definition) is 1. The van der Waals surface area contributed by atoms with Crippen molar-refractivity contribution in [2.45, 2.75) is 38.9 Å². The average Bonchev–Trinajstić information content (AvgIpc) is 3.25. The third kappa shape index (κ3) is 4.43. The molecule has 0 saturated carbocycles. The van der Waals surface area contributed by atoms with Crippen molar-refractivity contribution in [3.05, 3.63) is 86.0 Å². The highest BCUT2D eigenvalue weighted by molar-refractivity contribution is 6.30. The second-order valence-corrected chi connectivity index (χ2v) is 9.36. The van der Waals surface area contributed by atoms with Gasteiger partial charge in [0.15, 0.2) is 11.2 Å². The maximum absolute atomic E-state index is 13.9. The summed E-state index contributed by atoms with van der Waals surface area (Å²) in [6.45, 7) is 3.49. The third-order valence-electron chi connectivity index (χ3n) is 6.41. The molecule has 0 spiro atoms. The lowest BCUT2D eigenvalue weighted by atomic mass is 10.1. The number of nitrogens with zero attached hydrogens (tertiary/aromatic N) is 5. The molecule has 184 valence electrons. The number of fused-ring (bicyclic) bond motifs is 1. The molecule has 2 N–H and O–H groups in total. The summed E-state index contributed by atoms with van der Waals surface area (Å²) in [7, 11) is 0. The molecule has 4 aromatic rings. The Balaban J connectivity index is 1.82. The highest BCUT2D eigenvalue weighted by Crippen LogP contribution is 2.24. The van der Waals surface area contributed by atoms with Crippen molar-refractivity contribution in [1.82, 2.24) is 18.7 Å². The minimum atomic E-state index is -0.466. The van der Waals surface area contributed by atoms with E-state index in [9.17, 15) is 9.59 Å². The summed E-state index contributed by atoms with van der Waals surface area (Å²) in [6, 6.07) is 16.4. The summed E-state index contributed by atoms with van der Waals surface area (Å²) in [5.74, 6) is 6.59. The van der Waals surface area contributed by atoms with Gasteiger partial charge in [0.1, 0.15) is 0 Å². The average molecular weight is 503 g/mol. The molecule has 3 heterocycles. The molecule has 2 aromatic heterocycles. The Kier molecular flexibility index (Phi) is 6.68. The molecule has 8 nitrogen and oxygen atoms in total. The van der Waals surface area contributed by atoms with E-state index in [0.29, 0.717) is 34.4 Å². The van der Waals surface area contributed by atoms with Crippen LogP contribution in [0, 0.1) is 11.8 Å². The fourth-order valence-electron chi connectivity index (χ4n) is 4.73. The number of aromatic nitrogens is 4. The maximum Gasteiger partial charge on any atom is 0.337 e. The van der Waals surface area contributed by atoms with Gasteiger partial charge in [-0.3, -0.25) is 13.9 Å². The van der Waals surface area contributed by atoms with Crippen LogP contribution in [0.5, 0.6) is 0 Å². The Bertz CT molecular complexity index is 1590. The molecule has 0 radical (unpaired) electrons. The van der Waals surface area contributed by atoms with Gasteiger partial charge in [-0.25, -0.2) is 9.36 Å². The maximum atomic E-state index is 13.9. The normalized spacial score (nSPS) is 15.6. The van der Waals surface area contributed by atoms with Crippen LogP contribution in [0.3, 0.4) is 0 Å². The van der Waals surface area contributed by atoms with Gasteiger partial charge in [-0.1, -0.05) is 47.9 Å². The van der Waals surface area contributed by atoms with E-state index in [-0.39, 0.29) is 19.1 Å². The van der Waals surface area contributed by atoms with Gasteiger partial charge in [0.05, 0.1) is 18.8 Å². The van der Waals surface area contributed by atoms with Crippen LogP contribution in [0.1, 0.15) is 25.3 Å². The number of hydrogen-bond acceptors (Lipinski definition) is 5. The SMILES string of the molecule is CC#CCn1c(N2CCCC(N)C2)nc2c1c(=O)n(Cc1cccc(Cl)c1)c(=O)n2-c1ccccc1. The highest BCUT2D eigenvalue weighted by Gasteiger charge is 2.27. The lowest BCUT2D eigenvalue weighted by Crippen LogP contribution is -2.44.